The van der Waals surface area contributed by atoms with Crippen LogP contribution in [0.4, 0.5) is 4.79 Å². The zero-order valence-electron chi connectivity index (χ0n) is 13.3. The Morgan fingerprint density at radius 3 is 2.67 bits per heavy atom. The minimum Gasteiger partial charge on any atom is -0.370 e. The molecule has 0 radical (unpaired) electrons. The summed E-state index contributed by atoms with van der Waals surface area (Å²) < 4.78 is 5.90. The highest BCUT2D eigenvalue weighted by molar-refractivity contribution is 5.75. The zero-order valence-corrected chi connectivity index (χ0v) is 13.3. The van der Waals surface area contributed by atoms with Crippen LogP contribution in [0.5, 0.6) is 0 Å². The average Bonchev–Trinajstić information content (AvgIpc) is 3.07. The van der Waals surface area contributed by atoms with E-state index < -0.39 is 0 Å². The summed E-state index contributed by atoms with van der Waals surface area (Å²) in [6.45, 7) is 5.04. The van der Waals surface area contributed by atoms with Gasteiger partial charge in [-0.15, -0.1) is 0 Å². The van der Waals surface area contributed by atoms with E-state index in [1.165, 1.54) is 25.7 Å². The van der Waals surface area contributed by atoms with E-state index in [1.54, 1.807) is 0 Å². The van der Waals surface area contributed by atoms with Crippen LogP contribution in [-0.2, 0) is 4.74 Å². The van der Waals surface area contributed by atoms with Crippen molar-refractivity contribution in [2.75, 3.05) is 6.54 Å². The molecule has 0 aromatic rings. The Hall–Kier alpha value is -0.770. The fourth-order valence-corrected chi connectivity index (χ4v) is 5.75. The highest BCUT2D eigenvalue weighted by atomic mass is 16.5. The number of fused-ring (bicyclic) bond motifs is 3. The molecule has 5 rings (SSSR count). The molecule has 0 aromatic carbocycles. The molecule has 5 aliphatic rings. The number of urea groups is 1. The van der Waals surface area contributed by atoms with Gasteiger partial charge >= 0.3 is 6.03 Å². The molecule has 5 fully saturated rings. The lowest BCUT2D eigenvalue weighted by Crippen LogP contribution is -2.62. The standard InChI is InChI=1S/C17H28N2O2/c1-11-17(9-16(2,10-17)21-11)19-15(20)18-6-5-14-8-12-3-4-13(14)7-12/h11-14H,3-10H2,1-2H3,(H2,18,19,20). The van der Waals surface area contributed by atoms with E-state index in [1.807, 2.05) is 0 Å². The highest BCUT2D eigenvalue weighted by Crippen LogP contribution is 2.55. The van der Waals surface area contributed by atoms with Gasteiger partial charge in [0.05, 0.1) is 17.2 Å². The Morgan fingerprint density at radius 2 is 2.10 bits per heavy atom. The fraction of sp³-hybridized carbons (Fsp3) is 0.941. The van der Waals surface area contributed by atoms with Crippen LogP contribution in [0.25, 0.3) is 0 Å². The number of nitrogens with one attached hydrogen (secondary N) is 2. The van der Waals surface area contributed by atoms with Crippen molar-refractivity contribution in [3.05, 3.63) is 0 Å². The van der Waals surface area contributed by atoms with Gasteiger partial charge in [0.15, 0.2) is 0 Å². The van der Waals surface area contributed by atoms with Crippen molar-refractivity contribution in [3.8, 4) is 0 Å². The van der Waals surface area contributed by atoms with Gasteiger partial charge in [0.25, 0.3) is 0 Å². The first-order valence-corrected chi connectivity index (χ1v) is 8.72. The summed E-state index contributed by atoms with van der Waals surface area (Å²) in [6, 6.07) is -0.00226. The van der Waals surface area contributed by atoms with Gasteiger partial charge in [0.2, 0.25) is 0 Å². The maximum Gasteiger partial charge on any atom is 0.315 e. The molecule has 2 N–H and O–H groups in total. The molecule has 4 unspecified atom stereocenters. The minimum absolute atomic E-state index is 0.00226. The van der Waals surface area contributed by atoms with Crippen molar-refractivity contribution in [1.82, 2.24) is 10.6 Å². The summed E-state index contributed by atoms with van der Waals surface area (Å²) in [4.78, 5) is 12.1. The molecule has 2 heterocycles. The molecule has 118 valence electrons. The van der Waals surface area contributed by atoms with E-state index in [-0.39, 0.29) is 23.3 Å². The average molecular weight is 292 g/mol. The molecule has 3 aliphatic carbocycles. The highest BCUT2D eigenvalue weighted by Gasteiger charge is 2.64. The van der Waals surface area contributed by atoms with Gasteiger partial charge in [-0.2, -0.15) is 0 Å². The lowest BCUT2D eigenvalue weighted by atomic mass is 9.67. The molecule has 4 heteroatoms. The number of rotatable bonds is 4. The molecule has 2 aliphatic heterocycles. The van der Waals surface area contributed by atoms with Gasteiger partial charge in [0.1, 0.15) is 0 Å². The van der Waals surface area contributed by atoms with Crippen molar-refractivity contribution >= 4 is 6.03 Å². The van der Waals surface area contributed by atoms with Crippen LogP contribution in [0.15, 0.2) is 0 Å². The Kier molecular flexibility index (Phi) is 3.04. The first-order valence-electron chi connectivity index (χ1n) is 8.72. The van der Waals surface area contributed by atoms with Crippen LogP contribution in [0.2, 0.25) is 0 Å². The lowest BCUT2D eigenvalue weighted by molar-refractivity contribution is -0.00445. The third kappa shape index (κ3) is 2.26. The van der Waals surface area contributed by atoms with Crippen LogP contribution in [0.3, 0.4) is 0 Å². The molecule has 0 spiro atoms. The van der Waals surface area contributed by atoms with Gasteiger partial charge < -0.3 is 15.4 Å². The summed E-state index contributed by atoms with van der Waals surface area (Å²) in [6.07, 6.45) is 8.95. The monoisotopic (exact) mass is 292 g/mol. The molecule has 4 nitrogen and oxygen atoms in total. The van der Waals surface area contributed by atoms with Crippen molar-refractivity contribution in [2.45, 2.75) is 76.0 Å². The van der Waals surface area contributed by atoms with Crippen molar-refractivity contribution in [1.29, 1.82) is 0 Å². The molecular formula is C17H28N2O2. The molecule has 21 heavy (non-hydrogen) atoms. The second-order valence-electron chi connectivity index (χ2n) is 8.32. The summed E-state index contributed by atoms with van der Waals surface area (Å²) in [5.74, 6) is 2.81. The second kappa shape index (κ2) is 4.61. The Bertz CT molecular complexity index is 444. The van der Waals surface area contributed by atoms with E-state index >= 15 is 0 Å². The van der Waals surface area contributed by atoms with E-state index in [4.69, 9.17) is 4.74 Å². The second-order valence-corrected chi connectivity index (χ2v) is 8.32. The van der Waals surface area contributed by atoms with E-state index in [9.17, 15) is 4.79 Å². The summed E-state index contributed by atoms with van der Waals surface area (Å²) in [7, 11) is 0. The lowest BCUT2D eigenvalue weighted by Gasteiger charge is -2.43. The third-order valence-electron chi connectivity index (χ3n) is 6.67. The van der Waals surface area contributed by atoms with Crippen molar-refractivity contribution in [2.24, 2.45) is 17.8 Å². The first-order chi connectivity index (χ1) is 9.98. The molecule has 4 bridgehead atoms. The van der Waals surface area contributed by atoms with Crippen LogP contribution in [0.1, 0.15) is 58.8 Å². The summed E-state index contributed by atoms with van der Waals surface area (Å²) >= 11 is 0. The SMILES string of the molecule is CC1OC2(C)CC1(NC(=O)NCCC1CC3CCC1C3)C2. The predicted molar refractivity (Wildman–Crippen MR) is 81.0 cm³/mol. The summed E-state index contributed by atoms with van der Waals surface area (Å²) in [5.41, 5.74) is -0.0962. The van der Waals surface area contributed by atoms with Crippen LogP contribution < -0.4 is 10.6 Å². The molecular weight excluding hydrogens is 264 g/mol. The van der Waals surface area contributed by atoms with Crippen LogP contribution in [-0.4, -0.2) is 29.8 Å². The van der Waals surface area contributed by atoms with Gasteiger partial charge in [-0.05, 0) is 57.3 Å². The minimum atomic E-state index is -0.106. The zero-order chi connectivity index (χ0) is 14.7. The van der Waals surface area contributed by atoms with Gasteiger partial charge in [-0.3, -0.25) is 0 Å². The number of ether oxygens (including phenoxy) is 1. The molecule has 0 aromatic heterocycles. The Balaban J connectivity index is 1.21. The Morgan fingerprint density at radius 1 is 1.29 bits per heavy atom. The predicted octanol–water partition coefficient (Wildman–Crippen LogP) is 2.82. The van der Waals surface area contributed by atoms with Gasteiger partial charge in [-0.25, -0.2) is 4.79 Å². The van der Waals surface area contributed by atoms with Crippen molar-refractivity contribution in [3.63, 3.8) is 0 Å². The first kappa shape index (κ1) is 13.9. The molecule has 3 saturated carbocycles. The number of hydrogen-bond donors (Lipinski definition) is 2. The van der Waals surface area contributed by atoms with E-state index in [0.717, 1.165) is 43.6 Å². The maximum absolute atomic E-state index is 12.1. The molecule has 2 saturated heterocycles. The quantitative estimate of drug-likeness (QED) is 0.837. The summed E-state index contributed by atoms with van der Waals surface area (Å²) in [5, 5.41) is 6.25. The largest absolute Gasteiger partial charge is 0.370 e. The van der Waals surface area contributed by atoms with Crippen molar-refractivity contribution < 1.29 is 9.53 Å². The van der Waals surface area contributed by atoms with Gasteiger partial charge in [0, 0.05) is 19.4 Å². The maximum atomic E-state index is 12.1. The number of amides is 2. The molecule has 4 atom stereocenters. The third-order valence-corrected chi connectivity index (χ3v) is 6.67. The van der Waals surface area contributed by atoms with E-state index in [2.05, 4.69) is 24.5 Å². The fourth-order valence-electron chi connectivity index (χ4n) is 5.75. The Labute approximate surface area is 127 Å². The molecule has 2 amide bonds. The number of hydrogen-bond acceptors (Lipinski definition) is 2. The van der Waals surface area contributed by atoms with Gasteiger partial charge in [-0.1, -0.05) is 6.42 Å². The van der Waals surface area contributed by atoms with Crippen LogP contribution in [0, 0.1) is 17.8 Å². The van der Waals surface area contributed by atoms with Crippen LogP contribution >= 0.6 is 0 Å². The smallest absolute Gasteiger partial charge is 0.315 e. The number of carbonyl (C=O) groups is 1. The number of carbonyl (C=O) groups excluding carboxylic acids is 1. The topological polar surface area (TPSA) is 50.4 Å². The normalized spacial score (nSPS) is 50.0. The van der Waals surface area contributed by atoms with E-state index in [0.29, 0.717) is 0 Å².